The second-order valence-electron chi connectivity index (χ2n) is 6.37. The Morgan fingerprint density at radius 2 is 2.13 bits per heavy atom. The largest absolute Gasteiger partial charge is 0.491 e. The number of fused-ring (bicyclic) bond motifs is 2. The molecular formula is C17H22ClN3O2. The van der Waals surface area contributed by atoms with Crippen molar-refractivity contribution >= 4 is 17.3 Å². The van der Waals surface area contributed by atoms with Gasteiger partial charge in [0, 0.05) is 5.92 Å². The van der Waals surface area contributed by atoms with E-state index < -0.39 is 0 Å². The molecule has 0 aromatic heterocycles. The molecule has 0 saturated carbocycles. The first-order valence-corrected chi connectivity index (χ1v) is 8.68. The van der Waals surface area contributed by atoms with Gasteiger partial charge in [0.2, 0.25) is 0 Å². The molecule has 5 rings (SSSR count). The number of rotatable bonds is 4. The first kappa shape index (κ1) is 15.1. The molecule has 1 aromatic rings. The highest BCUT2D eigenvalue weighted by Crippen LogP contribution is 2.43. The lowest BCUT2D eigenvalue weighted by atomic mass is 9.78. The number of piperidine rings is 3. The summed E-state index contributed by atoms with van der Waals surface area (Å²) in [6.07, 6.45) is 2.47. The van der Waals surface area contributed by atoms with Crippen LogP contribution < -0.4 is 14.9 Å². The third kappa shape index (κ3) is 2.37. The summed E-state index contributed by atoms with van der Waals surface area (Å²) in [6.45, 7) is 4.86. The zero-order valence-corrected chi connectivity index (χ0v) is 14.3. The minimum Gasteiger partial charge on any atom is -0.491 e. The molecule has 4 heterocycles. The van der Waals surface area contributed by atoms with Gasteiger partial charge < -0.3 is 14.9 Å². The van der Waals surface area contributed by atoms with Crippen molar-refractivity contribution in [2.24, 2.45) is 11.0 Å². The Kier molecular flexibility index (Phi) is 3.85. The predicted molar refractivity (Wildman–Crippen MR) is 90.6 cm³/mol. The predicted octanol–water partition coefficient (Wildman–Crippen LogP) is 2.84. The average molecular weight is 336 g/mol. The first-order chi connectivity index (χ1) is 11.2. The highest BCUT2D eigenvalue weighted by Gasteiger charge is 2.47. The topological polar surface area (TPSA) is 46.1 Å². The molecule has 3 saturated heterocycles. The van der Waals surface area contributed by atoms with Crippen molar-refractivity contribution in [3.63, 3.8) is 0 Å². The summed E-state index contributed by atoms with van der Waals surface area (Å²) in [7, 11) is 1.62. The summed E-state index contributed by atoms with van der Waals surface area (Å²) in [5.74, 6) is 1.94. The van der Waals surface area contributed by atoms with Gasteiger partial charge in [-0.15, -0.1) is 0 Å². The van der Waals surface area contributed by atoms with Gasteiger partial charge in [-0.1, -0.05) is 11.6 Å². The number of nitrogens with one attached hydrogen (secondary N) is 1. The van der Waals surface area contributed by atoms with Gasteiger partial charge in [0.25, 0.3) is 0 Å². The molecule has 1 N–H and O–H groups in total. The van der Waals surface area contributed by atoms with Gasteiger partial charge in [-0.05, 0) is 50.6 Å². The maximum Gasteiger partial charge on any atom is 0.179 e. The molecule has 6 heteroatoms. The Morgan fingerprint density at radius 3 is 2.83 bits per heavy atom. The van der Waals surface area contributed by atoms with E-state index in [1.807, 2.05) is 19.1 Å². The fourth-order valence-electron chi connectivity index (χ4n) is 4.14. The van der Waals surface area contributed by atoms with Crippen LogP contribution in [0.4, 0.5) is 0 Å². The number of ether oxygens (including phenoxy) is 2. The van der Waals surface area contributed by atoms with Gasteiger partial charge in [0.15, 0.2) is 11.5 Å². The van der Waals surface area contributed by atoms with E-state index in [0.717, 1.165) is 18.7 Å². The second kappa shape index (κ2) is 5.87. The highest BCUT2D eigenvalue weighted by atomic mass is 35.5. The Bertz CT molecular complexity index is 641. The molecule has 5 nitrogen and oxygen atoms in total. The van der Waals surface area contributed by atoms with Crippen molar-refractivity contribution in [3.05, 3.63) is 22.7 Å². The summed E-state index contributed by atoms with van der Waals surface area (Å²) >= 11 is 6.42. The van der Waals surface area contributed by atoms with E-state index in [1.165, 1.54) is 18.6 Å². The van der Waals surface area contributed by atoms with Crippen molar-refractivity contribution in [1.82, 2.24) is 10.3 Å². The standard InChI is InChI=1S/C17H22ClN3O2/c1-3-23-13-9-11(8-12(18)17(13)22-2)15-16-14(19-20-15)10-4-6-21(16)7-5-10/h8-10,15-16,20H,3-7H2,1-2H3. The molecular weight excluding hydrogens is 314 g/mol. The van der Waals surface area contributed by atoms with Gasteiger partial charge >= 0.3 is 0 Å². The number of nitrogens with zero attached hydrogens (tertiary/aromatic N) is 2. The Labute approximate surface area is 141 Å². The fraction of sp³-hybridized carbons (Fsp3) is 0.588. The van der Waals surface area contributed by atoms with E-state index >= 15 is 0 Å². The van der Waals surface area contributed by atoms with E-state index in [1.54, 1.807) is 7.11 Å². The Morgan fingerprint density at radius 1 is 1.35 bits per heavy atom. The Balaban J connectivity index is 1.69. The van der Waals surface area contributed by atoms with Crippen molar-refractivity contribution < 1.29 is 9.47 Å². The maximum absolute atomic E-state index is 6.42. The van der Waals surface area contributed by atoms with Gasteiger partial charge in [0.05, 0.1) is 36.5 Å². The average Bonchev–Trinajstić information content (AvgIpc) is 3.03. The molecule has 1 aromatic carbocycles. The van der Waals surface area contributed by atoms with E-state index in [9.17, 15) is 0 Å². The summed E-state index contributed by atoms with van der Waals surface area (Å²) in [5, 5.41) is 5.24. The van der Waals surface area contributed by atoms with E-state index in [2.05, 4.69) is 15.4 Å². The van der Waals surface area contributed by atoms with Crippen LogP contribution in [-0.2, 0) is 0 Å². The number of benzene rings is 1. The molecule has 0 aliphatic carbocycles. The molecule has 23 heavy (non-hydrogen) atoms. The van der Waals surface area contributed by atoms with Crippen LogP contribution in [-0.4, -0.2) is 43.5 Å². The van der Waals surface area contributed by atoms with Gasteiger partial charge in [-0.25, -0.2) is 0 Å². The molecule has 2 atom stereocenters. The van der Waals surface area contributed by atoms with E-state index in [0.29, 0.717) is 35.1 Å². The number of halogens is 1. The summed E-state index contributed by atoms with van der Waals surface area (Å²) in [4.78, 5) is 2.54. The SMILES string of the molecule is CCOc1cc(C2NN=C3C4CCN(CC4)C32)cc(Cl)c1OC. The van der Waals surface area contributed by atoms with Crippen LogP contribution >= 0.6 is 11.6 Å². The van der Waals surface area contributed by atoms with Crippen LogP contribution in [0.1, 0.15) is 31.4 Å². The van der Waals surface area contributed by atoms with Crippen LogP contribution in [0.25, 0.3) is 0 Å². The number of hydrogen-bond acceptors (Lipinski definition) is 5. The van der Waals surface area contributed by atoms with Gasteiger partial charge in [-0.3, -0.25) is 4.90 Å². The zero-order valence-electron chi connectivity index (χ0n) is 13.5. The van der Waals surface area contributed by atoms with Crippen LogP contribution in [0.2, 0.25) is 5.02 Å². The van der Waals surface area contributed by atoms with Crippen molar-refractivity contribution in [2.45, 2.75) is 31.8 Å². The molecule has 124 valence electrons. The van der Waals surface area contributed by atoms with Crippen LogP contribution in [0.3, 0.4) is 0 Å². The maximum atomic E-state index is 6.42. The zero-order chi connectivity index (χ0) is 16.0. The number of methoxy groups -OCH3 is 1. The van der Waals surface area contributed by atoms with Gasteiger partial charge in [0.1, 0.15) is 0 Å². The molecule has 2 bridgehead atoms. The van der Waals surface area contributed by atoms with Crippen LogP contribution in [0, 0.1) is 5.92 Å². The Hall–Kier alpha value is -1.46. The minimum atomic E-state index is 0.135. The van der Waals surface area contributed by atoms with E-state index in [4.69, 9.17) is 21.1 Å². The second-order valence-corrected chi connectivity index (χ2v) is 6.77. The third-order valence-electron chi connectivity index (χ3n) is 5.19. The van der Waals surface area contributed by atoms with Crippen molar-refractivity contribution in [1.29, 1.82) is 0 Å². The summed E-state index contributed by atoms with van der Waals surface area (Å²) < 4.78 is 11.1. The smallest absolute Gasteiger partial charge is 0.179 e. The van der Waals surface area contributed by atoms with Crippen molar-refractivity contribution in [2.75, 3.05) is 26.8 Å². The quantitative estimate of drug-likeness (QED) is 0.919. The van der Waals surface area contributed by atoms with Crippen LogP contribution in [0.15, 0.2) is 17.2 Å². The lowest BCUT2D eigenvalue weighted by molar-refractivity contribution is 0.133. The molecule has 0 amide bonds. The number of hydrogen-bond donors (Lipinski definition) is 1. The molecule has 2 unspecified atom stereocenters. The molecule has 4 aliphatic rings. The minimum absolute atomic E-state index is 0.135. The molecule has 0 spiro atoms. The first-order valence-electron chi connectivity index (χ1n) is 8.30. The highest BCUT2D eigenvalue weighted by molar-refractivity contribution is 6.32. The lowest BCUT2D eigenvalue weighted by Crippen LogP contribution is -2.56. The van der Waals surface area contributed by atoms with Crippen molar-refractivity contribution in [3.8, 4) is 11.5 Å². The van der Waals surface area contributed by atoms with Crippen LogP contribution in [0.5, 0.6) is 11.5 Å². The number of hydrazone groups is 1. The normalized spacial score (nSPS) is 31.3. The fourth-order valence-corrected chi connectivity index (χ4v) is 4.44. The van der Waals surface area contributed by atoms with E-state index in [-0.39, 0.29) is 6.04 Å². The molecule has 3 fully saturated rings. The summed E-state index contributed by atoms with van der Waals surface area (Å²) in [6, 6.07) is 4.49. The lowest BCUT2D eigenvalue weighted by Gasteiger charge is -2.45. The third-order valence-corrected chi connectivity index (χ3v) is 5.47. The molecule has 4 aliphatic heterocycles. The summed E-state index contributed by atoms with van der Waals surface area (Å²) in [5.41, 5.74) is 5.77. The molecule has 0 radical (unpaired) electrons. The van der Waals surface area contributed by atoms with Gasteiger partial charge in [-0.2, -0.15) is 5.10 Å². The monoisotopic (exact) mass is 335 g/mol.